The van der Waals surface area contributed by atoms with Gasteiger partial charge in [-0.15, -0.1) is 0 Å². The highest BCUT2D eigenvalue weighted by atomic mass is 14.9. The third-order valence-corrected chi connectivity index (χ3v) is 10.6. The van der Waals surface area contributed by atoms with Crippen molar-refractivity contribution in [3.8, 4) is 0 Å². The van der Waals surface area contributed by atoms with Crippen LogP contribution in [0.15, 0.2) is 0 Å². The summed E-state index contributed by atoms with van der Waals surface area (Å²) in [4.78, 5) is 0. The van der Waals surface area contributed by atoms with E-state index in [1.807, 2.05) is 0 Å². The van der Waals surface area contributed by atoms with Gasteiger partial charge in [-0.1, -0.05) is 12.2 Å². The second-order valence-corrected chi connectivity index (χ2v) is 9.82. The molecule has 8 aliphatic rings. The molecule has 0 heterocycles. The summed E-state index contributed by atoms with van der Waals surface area (Å²) >= 11 is 0. The fourth-order valence-electron chi connectivity index (χ4n) is 10.2. The molecule has 15 atom stereocenters. The molecule has 8 aliphatic carbocycles. The Hall–Kier alpha value is 0.0649. The first kappa shape index (κ1) is 9.16. The van der Waals surface area contributed by atoms with E-state index in [-0.39, 0.29) is 0 Å². The number of fused-ring (bicyclic) bond motifs is 19. The molecule has 96 valence electrons. The first-order valence-electron chi connectivity index (χ1n) is 9.13. The van der Waals surface area contributed by atoms with Crippen molar-refractivity contribution >= 4 is 7.85 Å². The summed E-state index contributed by atoms with van der Waals surface area (Å²) in [6, 6.07) is 0. The zero-order chi connectivity index (χ0) is 11.8. The molecule has 14 unspecified atom stereocenters. The first-order chi connectivity index (χ1) is 9.38. The summed E-state index contributed by atoms with van der Waals surface area (Å²) < 4.78 is 0. The van der Waals surface area contributed by atoms with Gasteiger partial charge in [-0.2, -0.15) is 0 Å². The van der Waals surface area contributed by atoms with Crippen molar-refractivity contribution in [2.75, 3.05) is 0 Å². The van der Waals surface area contributed by atoms with E-state index in [0.717, 1.165) is 17.8 Å². The van der Waals surface area contributed by atoms with Gasteiger partial charge in [0.2, 0.25) is 0 Å². The van der Waals surface area contributed by atoms with Crippen LogP contribution in [0.5, 0.6) is 0 Å². The van der Waals surface area contributed by atoms with E-state index in [1.165, 1.54) is 71.5 Å². The van der Waals surface area contributed by atoms with Crippen molar-refractivity contribution in [1.29, 1.82) is 0 Å². The summed E-state index contributed by atoms with van der Waals surface area (Å²) in [6.07, 6.45) is 4.63. The standard InChI is InChI=1S/C18H21B/c19-7-3-6-8(7)12-11(6)15-16(12)18-14-10-5-2-1-4(5)9(10)13(14)17(15)18/h4-18H,1-3H2/t4?,5?,6?,7-,8?,9?,10?,11?,12?,13?,14?,15?,16?,17?,18?/m1/s1. The van der Waals surface area contributed by atoms with E-state index in [2.05, 4.69) is 0 Å². The highest BCUT2D eigenvalue weighted by molar-refractivity contribution is 6.12. The molecule has 0 N–H and O–H groups in total. The molecule has 1 heteroatoms. The van der Waals surface area contributed by atoms with Gasteiger partial charge in [-0.3, -0.25) is 0 Å². The zero-order valence-corrected chi connectivity index (χ0v) is 11.4. The van der Waals surface area contributed by atoms with Crippen molar-refractivity contribution in [3.63, 3.8) is 0 Å². The van der Waals surface area contributed by atoms with Crippen LogP contribution in [-0.4, -0.2) is 7.85 Å². The van der Waals surface area contributed by atoms with Crippen LogP contribution in [0.1, 0.15) is 19.3 Å². The molecule has 0 aromatic carbocycles. The molecule has 0 aromatic heterocycles. The smallest absolute Gasteiger partial charge is 0.0703 e. The molecular formula is C18H21B. The third kappa shape index (κ3) is 0.588. The van der Waals surface area contributed by atoms with E-state index < -0.39 is 0 Å². The zero-order valence-electron chi connectivity index (χ0n) is 11.4. The summed E-state index contributed by atoms with van der Waals surface area (Å²) in [5.41, 5.74) is 0. The minimum absolute atomic E-state index is 0.621. The third-order valence-electron chi connectivity index (χ3n) is 10.6. The van der Waals surface area contributed by atoms with E-state index in [1.54, 1.807) is 12.8 Å². The summed E-state index contributed by atoms with van der Waals surface area (Å²) in [5, 5.41) is 0. The minimum Gasteiger partial charge on any atom is -0.0738 e. The Kier molecular flexibility index (Phi) is 1.10. The molecule has 0 nitrogen and oxygen atoms in total. The van der Waals surface area contributed by atoms with Crippen LogP contribution in [0.3, 0.4) is 0 Å². The molecule has 0 aromatic rings. The molecular weight excluding hydrogens is 227 g/mol. The quantitative estimate of drug-likeness (QED) is 0.457. The van der Waals surface area contributed by atoms with Crippen LogP contribution >= 0.6 is 0 Å². The van der Waals surface area contributed by atoms with Crippen molar-refractivity contribution in [1.82, 2.24) is 0 Å². The van der Waals surface area contributed by atoms with Gasteiger partial charge >= 0.3 is 0 Å². The van der Waals surface area contributed by atoms with Gasteiger partial charge in [0.05, 0.1) is 7.85 Å². The van der Waals surface area contributed by atoms with Crippen LogP contribution in [0.2, 0.25) is 5.82 Å². The minimum atomic E-state index is 0.621. The van der Waals surface area contributed by atoms with E-state index in [9.17, 15) is 0 Å². The maximum Gasteiger partial charge on any atom is 0.0703 e. The Morgan fingerprint density at radius 1 is 0.474 bits per heavy atom. The fraction of sp³-hybridized carbons (Fsp3) is 1.00. The highest BCUT2D eigenvalue weighted by Gasteiger charge is 2.89. The Balaban J connectivity index is 1.15. The summed E-state index contributed by atoms with van der Waals surface area (Å²) in [7, 11) is 6.27. The van der Waals surface area contributed by atoms with E-state index >= 15 is 0 Å². The topological polar surface area (TPSA) is 0 Å². The molecule has 0 spiro atoms. The predicted molar refractivity (Wildman–Crippen MR) is 72.2 cm³/mol. The average Bonchev–Trinajstić information content (AvgIpc) is 2.33. The van der Waals surface area contributed by atoms with Crippen LogP contribution < -0.4 is 0 Å². The molecule has 0 saturated heterocycles. The Bertz CT molecular complexity index is 536. The molecule has 8 saturated carbocycles. The van der Waals surface area contributed by atoms with Crippen LogP contribution in [0.25, 0.3) is 0 Å². The summed E-state index contributed by atoms with van der Waals surface area (Å²) in [6.45, 7) is 0. The molecule has 19 heavy (non-hydrogen) atoms. The lowest BCUT2D eigenvalue weighted by molar-refractivity contribution is -0.464. The average molecular weight is 248 g/mol. The first-order valence-corrected chi connectivity index (χ1v) is 9.13. The van der Waals surface area contributed by atoms with Gasteiger partial charge in [-0.05, 0) is 95.7 Å². The molecule has 0 bridgehead atoms. The van der Waals surface area contributed by atoms with E-state index in [0.29, 0.717) is 5.82 Å². The lowest BCUT2D eigenvalue weighted by atomic mass is 9.10. The second-order valence-electron chi connectivity index (χ2n) is 9.82. The van der Waals surface area contributed by atoms with Crippen LogP contribution in [-0.2, 0) is 0 Å². The van der Waals surface area contributed by atoms with Crippen molar-refractivity contribution in [2.24, 2.45) is 82.9 Å². The van der Waals surface area contributed by atoms with Gasteiger partial charge in [-0.25, -0.2) is 0 Å². The van der Waals surface area contributed by atoms with Crippen molar-refractivity contribution in [3.05, 3.63) is 0 Å². The van der Waals surface area contributed by atoms with Gasteiger partial charge in [0.15, 0.2) is 0 Å². The number of hydrogen-bond donors (Lipinski definition) is 0. The van der Waals surface area contributed by atoms with Gasteiger partial charge in [0.25, 0.3) is 0 Å². The summed E-state index contributed by atoms with van der Waals surface area (Å²) in [5.74, 6) is 17.6. The molecule has 2 radical (unpaired) electrons. The number of rotatable bonds is 0. The SMILES string of the molecule is [B][C@@H]1CC2C3C4C5C6C7C8CCC8C7C6C5C4C3C21. The molecule has 0 aliphatic heterocycles. The van der Waals surface area contributed by atoms with Gasteiger partial charge < -0.3 is 0 Å². The second kappa shape index (κ2) is 2.28. The monoisotopic (exact) mass is 248 g/mol. The molecule has 0 amide bonds. The molecule has 8 rings (SSSR count). The highest BCUT2D eigenvalue weighted by Crippen LogP contribution is 2.93. The normalized spacial score (nSPS) is 89.2. The Morgan fingerprint density at radius 3 is 1.37 bits per heavy atom. The fourth-order valence-corrected chi connectivity index (χ4v) is 10.2. The maximum absolute atomic E-state index is 6.27. The van der Waals surface area contributed by atoms with Gasteiger partial charge in [0, 0.05) is 0 Å². The maximum atomic E-state index is 6.27. The lowest BCUT2D eigenvalue weighted by Crippen LogP contribution is -2.90. The predicted octanol–water partition coefficient (Wildman–Crippen LogP) is 2.85. The van der Waals surface area contributed by atoms with Crippen molar-refractivity contribution in [2.45, 2.75) is 25.1 Å². The van der Waals surface area contributed by atoms with E-state index in [4.69, 9.17) is 7.85 Å². The lowest BCUT2D eigenvalue weighted by Gasteiger charge is -2.94. The van der Waals surface area contributed by atoms with Gasteiger partial charge in [0.1, 0.15) is 0 Å². The largest absolute Gasteiger partial charge is 0.0738 e. The Labute approximate surface area is 116 Å². The van der Waals surface area contributed by atoms with Crippen LogP contribution in [0.4, 0.5) is 0 Å². The van der Waals surface area contributed by atoms with Crippen LogP contribution in [0, 0.1) is 82.9 Å². The van der Waals surface area contributed by atoms with Crippen molar-refractivity contribution < 1.29 is 0 Å². The number of hydrogen-bond acceptors (Lipinski definition) is 0. The molecule has 8 fully saturated rings. The Morgan fingerprint density at radius 2 is 0.895 bits per heavy atom.